The average Bonchev–Trinajstić information content (AvgIpc) is 3.78. The summed E-state index contributed by atoms with van der Waals surface area (Å²) in [5.41, 5.74) is 3.06. The van der Waals surface area contributed by atoms with Crippen molar-refractivity contribution in [1.29, 1.82) is 0 Å². The summed E-state index contributed by atoms with van der Waals surface area (Å²) in [5, 5.41) is 7.97. The molecule has 1 aromatic heterocycles. The van der Waals surface area contributed by atoms with Crippen LogP contribution in [0.2, 0.25) is 0 Å². The number of nitrogens with zero attached hydrogens (tertiary/aromatic N) is 3. The monoisotopic (exact) mass is 889 g/mol. The van der Waals surface area contributed by atoms with Crippen LogP contribution in [-0.4, -0.2) is 48.9 Å². The van der Waals surface area contributed by atoms with Gasteiger partial charge in [0.05, 0.1) is 28.3 Å². The summed E-state index contributed by atoms with van der Waals surface area (Å²) >= 11 is 1.65. The Morgan fingerprint density at radius 2 is 1.44 bits per heavy atom. The fourth-order valence-electron chi connectivity index (χ4n) is 9.92. The zero-order valence-electron chi connectivity index (χ0n) is 37.9. The van der Waals surface area contributed by atoms with E-state index in [-0.39, 0.29) is 37.0 Å². The number of carbonyl (C=O) groups excluding carboxylic acids is 3. The zero-order valence-corrected chi connectivity index (χ0v) is 38.7. The number of para-hydroxylation sites is 1. The van der Waals surface area contributed by atoms with Crippen LogP contribution in [0.1, 0.15) is 140 Å². The molecule has 0 radical (unpaired) electrons. The van der Waals surface area contributed by atoms with Crippen LogP contribution in [-0.2, 0) is 19.1 Å². The molecule has 3 aliphatic rings. The summed E-state index contributed by atoms with van der Waals surface area (Å²) in [6, 6.07) is 21.3. The van der Waals surface area contributed by atoms with E-state index in [9.17, 15) is 14.4 Å². The largest absolute Gasteiger partial charge is 0.490 e. The SMILES string of the molecule is C=CC(=O)OCCOc1ccc(OC(=O)C2CCC(C(=O)Oc3ccc(C4CCC(C5CCC(CC)CC5)CC4)cc3/C=N/N(CCCCCC)c3nc4ccccc4s3)CC2)cc1. The molecule has 0 amide bonds. The highest BCUT2D eigenvalue weighted by Crippen LogP contribution is 2.45. The van der Waals surface area contributed by atoms with Crippen molar-refractivity contribution in [3.63, 3.8) is 0 Å². The Morgan fingerprint density at radius 3 is 2.11 bits per heavy atom. The molecule has 3 aromatic carbocycles. The number of unbranched alkanes of at least 4 members (excludes halogenated alkanes) is 3. The Labute approximate surface area is 383 Å². The first-order chi connectivity index (χ1) is 31.3. The van der Waals surface area contributed by atoms with Crippen LogP contribution in [0.15, 0.2) is 84.5 Å². The van der Waals surface area contributed by atoms with Gasteiger partial charge in [0, 0.05) is 18.2 Å². The minimum atomic E-state index is -0.504. The third-order valence-corrected chi connectivity index (χ3v) is 14.9. The van der Waals surface area contributed by atoms with Crippen LogP contribution in [0.25, 0.3) is 10.2 Å². The molecular weight excluding hydrogens is 823 g/mol. The summed E-state index contributed by atoms with van der Waals surface area (Å²) < 4.78 is 23.6. The molecular formula is C53H67N3O7S. The maximum Gasteiger partial charge on any atom is 0.330 e. The molecule has 1 heterocycles. The van der Waals surface area contributed by atoms with Crippen LogP contribution in [0.4, 0.5) is 5.13 Å². The minimum Gasteiger partial charge on any atom is -0.490 e. The highest BCUT2D eigenvalue weighted by Gasteiger charge is 2.34. The zero-order chi connectivity index (χ0) is 44.7. The van der Waals surface area contributed by atoms with Crippen molar-refractivity contribution in [3.05, 3.63) is 90.5 Å². The topological polar surface area (TPSA) is 117 Å². The lowest BCUT2D eigenvalue weighted by Crippen LogP contribution is -2.30. The number of anilines is 1. The Hall–Kier alpha value is -5.03. The van der Waals surface area contributed by atoms with E-state index in [1.54, 1.807) is 35.6 Å². The van der Waals surface area contributed by atoms with Crippen LogP contribution in [0.5, 0.6) is 17.2 Å². The van der Waals surface area contributed by atoms with Crippen molar-refractivity contribution < 1.29 is 33.3 Å². The molecule has 342 valence electrons. The molecule has 0 saturated heterocycles. The first kappa shape index (κ1) is 46.9. The van der Waals surface area contributed by atoms with Gasteiger partial charge in [0.25, 0.3) is 0 Å². The maximum atomic E-state index is 13.9. The first-order valence-electron chi connectivity index (χ1n) is 24.1. The standard InChI is InChI=1S/C53H67N3O7S/c1-4-7-8-11-32-56(53-55-47-12-9-10-13-49(47)64-53)54-36-44-35-43(40-20-18-39(19-21-40)38-16-14-37(5-2)15-17-38)26-31-48(44)63-52(59)42-24-22-41(23-25-42)51(58)62-46-29-27-45(28-30-46)60-33-34-61-50(57)6-3/h6,9-10,12-13,26-31,35-42H,3-5,7-8,11,14-25,32-34H2,1-2H3/b54-36+. The number of rotatable bonds is 20. The van der Waals surface area contributed by atoms with E-state index in [2.05, 4.69) is 38.6 Å². The van der Waals surface area contributed by atoms with Crippen LogP contribution in [0, 0.1) is 29.6 Å². The summed E-state index contributed by atoms with van der Waals surface area (Å²) in [4.78, 5) is 43.2. The van der Waals surface area contributed by atoms with Gasteiger partial charge < -0.3 is 18.9 Å². The molecule has 7 rings (SSSR count). The molecule has 11 heteroatoms. The van der Waals surface area contributed by atoms with Gasteiger partial charge in [-0.15, -0.1) is 0 Å². The second kappa shape index (κ2) is 23.8. The third kappa shape index (κ3) is 13.0. The fourth-order valence-corrected chi connectivity index (χ4v) is 10.9. The highest BCUT2D eigenvalue weighted by atomic mass is 32.1. The third-order valence-electron chi connectivity index (χ3n) is 13.9. The molecule has 4 aromatic rings. The van der Waals surface area contributed by atoms with Crippen molar-refractivity contribution in [2.24, 2.45) is 34.7 Å². The molecule has 0 bridgehead atoms. The normalized spacial score (nSPS) is 22.5. The number of aromatic nitrogens is 1. The second-order valence-corrected chi connectivity index (χ2v) is 19.1. The van der Waals surface area contributed by atoms with Gasteiger partial charge in [0.15, 0.2) is 0 Å². The van der Waals surface area contributed by atoms with Gasteiger partial charge in [0.2, 0.25) is 5.13 Å². The molecule has 0 N–H and O–H groups in total. The lowest BCUT2D eigenvalue weighted by atomic mass is 9.68. The van der Waals surface area contributed by atoms with Gasteiger partial charge in [-0.1, -0.05) is 88.5 Å². The molecule has 0 atom stereocenters. The fraction of sp³-hybridized carbons (Fsp3) is 0.528. The minimum absolute atomic E-state index is 0.101. The number of hydrogen-bond donors (Lipinski definition) is 0. The summed E-state index contributed by atoms with van der Waals surface area (Å²) in [6.45, 7) is 8.98. The number of fused-ring (bicyclic) bond motifs is 1. The first-order valence-corrected chi connectivity index (χ1v) is 24.9. The average molecular weight is 890 g/mol. The van der Waals surface area contributed by atoms with Crippen molar-refractivity contribution in [1.82, 2.24) is 4.98 Å². The van der Waals surface area contributed by atoms with E-state index in [0.717, 1.165) is 70.5 Å². The summed E-state index contributed by atoms with van der Waals surface area (Å²) in [6.07, 6.45) is 21.4. The van der Waals surface area contributed by atoms with Gasteiger partial charge in [-0.2, -0.15) is 5.10 Å². The predicted molar refractivity (Wildman–Crippen MR) is 255 cm³/mol. The van der Waals surface area contributed by atoms with Crippen LogP contribution in [0.3, 0.4) is 0 Å². The van der Waals surface area contributed by atoms with Gasteiger partial charge in [-0.05, 0) is 148 Å². The van der Waals surface area contributed by atoms with Crippen molar-refractivity contribution in [2.75, 3.05) is 24.8 Å². The number of hydrogen-bond acceptors (Lipinski definition) is 11. The molecule has 0 aliphatic heterocycles. The summed E-state index contributed by atoms with van der Waals surface area (Å²) in [5.74, 6) is 2.89. The quantitative estimate of drug-likeness (QED) is 0.0213. The van der Waals surface area contributed by atoms with Gasteiger partial charge in [-0.25, -0.2) is 14.8 Å². The van der Waals surface area contributed by atoms with Crippen molar-refractivity contribution >= 4 is 50.8 Å². The van der Waals surface area contributed by atoms with Gasteiger partial charge in [0.1, 0.15) is 30.5 Å². The molecule has 3 fully saturated rings. The van der Waals surface area contributed by atoms with E-state index in [0.29, 0.717) is 48.8 Å². The molecule has 64 heavy (non-hydrogen) atoms. The van der Waals surface area contributed by atoms with E-state index >= 15 is 0 Å². The Bertz CT molecular complexity index is 2130. The van der Waals surface area contributed by atoms with Gasteiger partial charge >= 0.3 is 17.9 Å². The smallest absolute Gasteiger partial charge is 0.330 e. The number of esters is 3. The van der Waals surface area contributed by atoms with Crippen LogP contribution < -0.4 is 19.2 Å². The van der Waals surface area contributed by atoms with Crippen molar-refractivity contribution in [3.8, 4) is 17.2 Å². The Kier molecular flexibility index (Phi) is 17.4. The molecule has 10 nitrogen and oxygen atoms in total. The van der Waals surface area contributed by atoms with E-state index in [1.165, 1.54) is 69.8 Å². The van der Waals surface area contributed by atoms with Crippen LogP contribution >= 0.6 is 11.3 Å². The highest BCUT2D eigenvalue weighted by molar-refractivity contribution is 7.22. The van der Waals surface area contributed by atoms with E-state index < -0.39 is 5.97 Å². The predicted octanol–water partition coefficient (Wildman–Crippen LogP) is 12.6. The Balaban J connectivity index is 1.000. The molecule has 3 aliphatic carbocycles. The molecule has 0 spiro atoms. The number of hydrazone groups is 1. The number of ether oxygens (including phenoxy) is 4. The molecule has 0 unspecified atom stereocenters. The lowest BCUT2D eigenvalue weighted by Gasteiger charge is -2.38. The number of benzene rings is 3. The van der Waals surface area contributed by atoms with Gasteiger partial charge in [-0.3, -0.25) is 9.59 Å². The molecule has 3 saturated carbocycles. The number of thiazole rings is 1. The number of carbonyl (C=O) groups is 3. The lowest BCUT2D eigenvalue weighted by molar-refractivity contribution is -0.145. The maximum absolute atomic E-state index is 13.9. The van der Waals surface area contributed by atoms with Crippen molar-refractivity contribution in [2.45, 2.75) is 129 Å². The summed E-state index contributed by atoms with van der Waals surface area (Å²) in [7, 11) is 0. The van der Waals surface area contributed by atoms with E-state index in [4.69, 9.17) is 29.0 Å². The van der Waals surface area contributed by atoms with E-state index in [1.807, 2.05) is 35.5 Å². The second-order valence-electron chi connectivity index (χ2n) is 18.1. The Morgan fingerprint density at radius 1 is 0.766 bits per heavy atom.